The maximum Gasteiger partial charge on any atom is 0.0534 e. The van der Waals surface area contributed by atoms with Gasteiger partial charge in [0.1, 0.15) is 0 Å². The highest BCUT2D eigenvalue weighted by Gasteiger charge is 2.34. The van der Waals surface area contributed by atoms with Crippen LogP contribution in [0.2, 0.25) is 0 Å². The Balaban J connectivity index is 1.42. The summed E-state index contributed by atoms with van der Waals surface area (Å²) in [6.45, 7) is 8.94. The molecule has 3 saturated heterocycles. The van der Waals surface area contributed by atoms with Crippen LogP contribution >= 0.6 is 0 Å². The van der Waals surface area contributed by atoms with E-state index in [2.05, 4.69) is 58.4 Å². The summed E-state index contributed by atoms with van der Waals surface area (Å²) in [6.07, 6.45) is 6.99. The number of hydrogen-bond donors (Lipinski definition) is 0. The molecule has 0 spiro atoms. The normalized spacial score (nSPS) is 25.0. The number of benzene rings is 1. The molecule has 1 aromatic carbocycles. The van der Waals surface area contributed by atoms with Gasteiger partial charge in [0.15, 0.2) is 0 Å². The van der Waals surface area contributed by atoms with Crippen LogP contribution in [0.5, 0.6) is 0 Å². The molecule has 1 aromatic heterocycles. The molecule has 3 fully saturated rings. The minimum atomic E-state index is 0.692. The van der Waals surface area contributed by atoms with Crippen LogP contribution in [-0.4, -0.2) is 45.3 Å². The van der Waals surface area contributed by atoms with Crippen molar-refractivity contribution in [3.05, 3.63) is 53.9 Å². The van der Waals surface area contributed by atoms with Gasteiger partial charge in [0.05, 0.1) is 6.20 Å². The number of fused-ring (bicyclic) bond motifs is 4. The van der Waals surface area contributed by atoms with Gasteiger partial charge in [0.2, 0.25) is 0 Å². The molecule has 0 radical (unpaired) electrons. The number of hydrogen-bond acceptors (Lipinski definition) is 3. The van der Waals surface area contributed by atoms with E-state index in [1.165, 1.54) is 43.6 Å². The quantitative estimate of drug-likeness (QED) is 0.845. The fraction of sp³-hybridized carbons (Fsp3) is 0.550. The molecule has 0 N–H and O–H groups in total. The second-order valence-corrected chi connectivity index (χ2v) is 7.41. The van der Waals surface area contributed by atoms with Gasteiger partial charge < -0.3 is 0 Å². The van der Waals surface area contributed by atoms with E-state index in [1.54, 1.807) is 0 Å². The van der Waals surface area contributed by atoms with Gasteiger partial charge in [-0.3, -0.25) is 14.5 Å². The molecule has 3 aliphatic heterocycles. The molecule has 128 valence electrons. The molecule has 24 heavy (non-hydrogen) atoms. The molecule has 0 saturated carbocycles. The first-order valence-electron chi connectivity index (χ1n) is 9.32. The second-order valence-electron chi connectivity index (χ2n) is 7.41. The van der Waals surface area contributed by atoms with Gasteiger partial charge in [-0.05, 0) is 31.2 Å². The summed E-state index contributed by atoms with van der Waals surface area (Å²) in [6, 6.07) is 11.6. The molecule has 2 atom stereocenters. The fourth-order valence-electron chi connectivity index (χ4n) is 4.34. The van der Waals surface area contributed by atoms with Crippen LogP contribution < -0.4 is 0 Å². The summed E-state index contributed by atoms with van der Waals surface area (Å²) in [7, 11) is 0. The van der Waals surface area contributed by atoms with Crippen LogP contribution in [0.4, 0.5) is 0 Å². The van der Waals surface area contributed by atoms with Crippen molar-refractivity contribution in [2.75, 3.05) is 19.6 Å². The molecule has 4 heterocycles. The zero-order chi connectivity index (χ0) is 16.4. The number of aryl methyl sites for hydroxylation is 1. The Hall–Kier alpha value is -1.65. The third kappa shape index (κ3) is 3.55. The predicted octanol–water partition coefficient (Wildman–Crippen LogP) is 3.00. The van der Waals surface area contributed by atoms with Gasteiger partial charge in [0.25, 0.3) is 0 Å². The summed E-state index contributed by atoms with van der Waals surface area (Å²) in [5.41, 5.74) is 2.80. The molecular weight excluding hydrogens is 296 g/mol. The highest BCUT2D eigenvalue weighted by molar-refractivity contribution is 5.15. The summed E-state index contributed by atoms with van der Waals surface area (Å²) in [4.78, 5) is 5.38. The van der Waals surface area contributed by atoms with E-state index in [4.69, 9.17) is 0 Å². The van der Waals surface area contributed by atoms with Gasteiger partial charge in [-0.1, -0.05) is 30.3 Å². The van der Waals surface area contributed by atoms with Crippen molar-refractivity contribution >= 4 is 0 Å². The molecule has 5 rings (SSSR count). The summed E-state index contributed by atoms with van der Waals surface area (Å²) in [5.74, 6) is 0.814. The highest BCUT2D eigenvalue weighted by Crippen LogP contribution is 2.29. The van der Waals surface area contributed by atoms with E-state index >= 15 is 0 Å². The van der Waals surface area contributed by atoms with Crippen LogP contribution in [0.25, 0.3) is 0 Å². The SMILES string of the molecule is CCn1cc(CN2C[C@H]3CC[C@@H]2CN(Cc2ccccc2)C3)cn1. The topological polar surface area (TPSA) is 24.3 Å². The van der Waals surface area contributed by atoms with Crippen LogP contribution in [0, 0.1) is 5.92 Å². The number of piperidine rings is 1. The van der Waals surface area contributed by atoms with E-state index in [-0.39, 0.29) is 0 Å². The zero-order valence-electron chi connectivity index (χ0n) is 14.6. The Bertz CT molecular complexity index is 651. The van der Waals surface area contributed by atoms with Gasteiger partial charge in [-0.25, -0.2) is 0 Å². The predicted molar refractivity (Wildman–Crippen MR) is 96.5 cm³/mol. The van der Waals surface area contributed by atoms with Gasteiger partial charge in [0, 0.05) is 57.1 Å². The molecule has 0 amide bonds. The molecule has 4 heteroatoms. The molecule has 4 nitrogen and oxygen atoms in total. The van der Waals surface area contributed by atoms with E-state index in [1.807, 2.05) is 10.9 Å². The third-order valence-corrected chi connectivity index (χ3v) is 5.55. The number of rotatable bonds is 5. The lowest BCUT2D eigenvalue weighted by atomic mass is 9.95. The van der Waals surface area contributed by atoms with E-state index in [9.17, 15) is 0 Å². The van der Waals surface area contributed by atoms with Crippen molar-refractivity contribution in [1.29, 1.82) is 0 Å². The second kappa shape index (κ2) is 7.08. The Morgan fingerprint density at radius 3 is 2.67 bits per heavy atom. The Morgan fingerprint density at radius 1 is 1.00 bits per heavy atom. The average molecular weight is 324 g/mol. The van der Waals surface area contributed by atoms with Crippen molar-refractivity contribution in [2.24, 2.45) is 5.92 Å². The fourth-order valence-corrected chi connectivity index (χ4v) is 4.34. The zero-order valence-corrected chi connectivity index (χ0v) is 14.6. The summed E-state index contributed by atoms with van der Waals surface area (Å²) < 4.78 is 2.03. The minimum absolute atomic E-state index is 0.692. The third-order valence-electron chi connectivity index (χ3n) is 5.55. The Morgan fingerprint density at radius 2 is 1.88 bits per heavy atom. The van der Waals surface area contributed by atoms with Crippen LogP contribution in [0.3, 0.4) is 0 Å². The molecule has 3 aliphatic rings. The lowest BCUT2D eigenvalue weighted by Gasteiger charge is -2.35. The standard InChI is InChI=1S/C20H28N4/c1-2-24-15-19(10-21-24)14-23-13-18-8-9-20(23)16-22(12-18)11-17-6-4-3-5-7-17/h3-7,10,15,18,20H,2,8-9,11-14,16H2,1H3/t18-,20+/m0/s1. The molecule has 2 aromatic rings. The summed E-state index contributed by atoms with van der Waals surface area (Å²) >= 11 is 0. The largest absolute Gasteiger partial charge is 0.297 e. The van der Waals surface area contributed by atoms with E-state index in [0.717, 1.165) is 25.6 Å². The van der Waals surface area contributed by atoms with Crippen LogP contribution in [0.1, 0.15) is 30.9 Å². The van der Waals surface area contributed by atoms with Crippen LogP contribution in [-0.2, 0) is 19.6 Å². The van der Waals surface area contributed by atoms with E-state index in [0.29, 0.717) is 6.04 Å². The minimum Gasteiger partial charge on any atom is -0.297 e. The average Bonchev–Trinajstić information content (AvgIpc) is 2.88. The Labute approximate surface area is 145 Å². The summed E-state index contributed by atoms with van der Waals surface area (Å²) in [5, 5.41) is 4.44. The van der Waals surface area contributed by atoms with Crippen molar-refractivity contribution in [2.45, 2.75) is 45.4 Å². The first kappa shape index (κ1) is 15.9. The van der Waals surface area contributed by atoms with Crippen molar-refractivity contribution in [1.82, 2.24) is 19.6 Å². The van der Waals surface area contributed by atoms with Crippen molar-refractivity contribution in [3.63, 3.8) is 0 Å². The maximum absolute atomic E-state index is 4.44. The first-order valence-corrected chi connectivity index (χ1v) is 9.32. The molecule has 2 bridgehead atoms. The van der Waals surface area contributed by atoms with Crippen LogP contribution in [0.15, 0.2) is 42.7 Å². The lowest BCUT2D eigenvalue weighted by Crippen LogP contribution is -2.43. The smallest absolute Gasteiger partial charge is 0.0534 e. The maximum atomic E-state index is 4.44. The van der Waals surface area contributed by atoms with Crippen molar-refractivity contribution in [3.8, 4) is 0 Å². The molecular formula is C20H28N4. The lowest BCUT2D eigenvalue weighted by molar-refractivity contribution is 0.123. The molecule has 0 aliphatic carbocycles. The Kier molecular flexibility index (Phi) is 4.67. The van der Waals surface area contributed by atoms with Gasteiger partial charge in [-0.2, -0.15) is 5.10 Å². The number of nitrogens with zero attached hydrogens (tertiary/aromatic N) is 4. The van der Waals surface area contributed by atoms with Crippen molar-refractivity contribution < 1.29 is 0 Å². The monoisotopic (exact) mass is 324 g/mol. The van der Waals surface area contributed by atoms with Gasteiger partial charge >= 0.3 is 0 Å². The first-order chi connectivity index (χ1) is 11.8. The molecule has 0 unspecified atom stereocenters. The number of aromatic nitrogens is 2. The van der Waals surface area contributed by atoms with Gasteiger partial charge in [-0.15, -0.1) is 0 Å². The van der Waals surface area contributed by atoms with E-state index < -0.39 is 0 Å². The highest BCUT2D eigenvalue weighted by atomic mass is 15.3.